The Balaban J connectivity index is 2.71. The van der Waals surface area contributed by atoms with Gasteiger partial charge in [0.05, 0.1) is 16.7 Å². The molecular weight excluding hydrogens is 353 g/mol. The van der Waals surface area contributed by atoms with Crippen LogP contribution in [0.3, 0.4) is 0 Å². The highest BCUT2D eigenvalue weighted by Crippen LogP contribution is 2.29. The van der Waals surface area contributed by atoms with Crippen LogP contribution in [0, 0.1) is 0 Å². The van der Waals surface area contributed by atoms with E-state index in [1.165, 1.54) is 38.4 Å². The molecule has 0 radical (unpaired) electrons. The molecule has 0 aliphatic carbocycles. The van der Waals surface area contributed by atoms with Gasteiger partial charge in [0, 0.05) is 14.1 Å². The van der Waals surface area contributed by atoms with Crippen LogP contribution in [0.1, 0.15) is 18.5 Å². The highest BCUT2D eigenvalue weighted by Gasteiger charge is 2.29. The third-order valence-electron chi connectivity index (χ3n) is 2.90. The summed E-state index contributed by atoms with van der Waals surface area (Å²) in [6.45, 7) is 1.60. The fourth-order valence-electron chi connectivity index (χ4n) is 1.65. The fourth-order valence-corrected chi connectivity index (χ4v) is 2.93. The lowest BCUT2D eigenvalue weighted by atomic mass is 10.1. The highest BCUT2D eigenvalue weighted by atomic mass is 32.2. The molecule has 0 aliphatic heterocycles. The Morgan fingerprint density at radius 3 is 2.22 bits per heavy atom. The maximum atomic E-state index is 12.0. The number of amides is 1. The lowest BCUT2D eigenvalue weighted by molar-refractivity contribution is -0.119. The van der Waals surface area contributed by atoms with E-state index in [4.69, 9.17) is 0 Å². The molecule has 130 valence electrons. The van der Waals surface area contributed by atoms with Gasteiger partial charge >= 0.3 is 5.51 Å². The molecule has 1 aromatic rings. The zero-order valence-corrected chi connectivity index (χ0v) is 14.3. The van der Waals surface area contributed by atoms with Crippen molar-refractivity contribution in [1.29, 1.82) is 0 Å². The van der Waals surface area contributed by atoms with Crippen molar-refractivity contribution in [2.45, 2.75) is 23.4 Å². The number of halogens is 3. The van der Waals surface area contributed by atoms with E-state index < -0.39 is 45.0 Å². The minimum atomic E-state index is -4.46. The van der Waals surface area contributed by atoms with Gasteiger partial charge in [-0.2, -0.15) is 13.2 Å². The molecule has 1 aromatic carbocycles. The molecular formula is C13H17F3N2O3S2. The highest BCUT2D eigenvalue weighted by molar-refractivity contribution is 8.00. The van der Waals surface area contributed by atoms with E-state index in [-0.39, 0.29) is 4.90 Å². The van der Waals surface area contributed by atoms with Crippen molar-refractivity contribution in [2.24, 2.45) is 0 Å². The van der Waals surface area contributed by atoms with Crippen LogP contribution in [0.4, 0.5) is 13.2 Å². The van der Waals surface area contributed by atoms with Crippen LogP contribution in [0.25, 0.3) is 0 Å². The smallest absolute Gasteiger partial charge is 0.349 e. The van der Waals surface area contributed by atoms with Gasteiger partial charge in [0.2, 0.25) is 15.9 Å². The predicted molar refractivity (Wildman–Crippen MR) is 82.4 cm³/mol. The van der Waals surface area contributed by atoms with E-state index >= 15 is 0 Å². The van der Waals surface area contributed by atoms with Gasteiger partial charge in [-0.1, -0.05) is 12.1 Å². The summed E-state index contributed by atoms with van der Waals surface area (Å²) in [6, 6.07) is 5.26. The number of alkyl halides is 3. The van der Waals surface area contributed by atoms with Crippen LogP contribution in [0.2, 0.25) is 0 Å². The van der Waals surface area contributed by atoms with E-state index in [0.717, 1.165) is 4.31 Å². The number of nitrogens with one attached hydrogen (secondary N) is 1. The fraction of sp³-hybridized carbons (Fsp3) is 0.462. The second-order valence-corrected chi connectivity index (χ2v) is 8.07. The van der Waals surface area contributed by atoms with Crippen molar-refractivity contribution >= 4 is 27.7 Å². The third kappa shape index (κ3) is 6.04. The largest absolute Gasteiger partial charge is 0.442 e. The first-order valence-corrected chi connectivity index (χ1v) is 8.88. The molecule has 1 rings (SSSR count). The van der Waals surface area contributed by atoms with E-state index in [0.29, 0.717) is 5.56 Å². The zero-order valence-electron chi connectivity index (χ0n) is 12.7. The summed E-state index contributed by atoms with van der Waals surface area (Å²) < 4.78 is 61.0. The molecule has 0 fully saturated rings. The number of carbonyl (C=O) groups excluding carboxylic acids is 1. The number of carbonyl (C=O) groups is 1. The molecule has 5 nitrogen and oxygen atoms in total. The first-order chi connectivity index (χ1) is 10.4. The van der Waals surface area contributed by atoms with Crippen molar-refractivity contribution in [1.82, 2.24) is 9.62 Å². The summed E-state index contributed by atoms with van der Waals surface area (Å²) in [4.78, 5) is 11.5. The van der Waals surface area contributed by atoms with Crippen LogP contribution < -0.4 is 5.32 Å². The average Bonchev–Trinajstić information content (AvgIpc) is 2.44. The Bertz CT molecular complexity index is 643. The number of rotatable bonds is 6. The molecule has 0 aromatic heterocycles. The summed E-state index contributed by atoms with van der Waals surface area (Å²) in [7, 11) is -0.735. The van der Waals surface area contributed by atoms with Gasteiger partial charge in [0.25, 0.3) is 0 Å². The monoisotopic (exact) mass is 370 g/mol. The zero-order chi connectivity index (χ0) is 17.8. The third-order valence-corrected chi connectivity index (χ3v) is 5.47. The van der Waals surface area contributed by atoms with Gasteiger partial charge in [-0.3, -0.25) is 4.79 Å². The number of sulfonamides is 1. The van der Waals surface area contributed by atoms with Gasteiger partial charge in [0.15, 0.2) is 0 Å². The Labute approximate surface area is 137 Å². The van der Waals surface area contributed by atoms with Crippen LogP contribution in [0.15, 0.2) is 29.2 Å². The molecule has 0 bridgehead atoms. The summed E-state index contributed by atoms with van der Waals surface area (Å²) in [5.41, 5.74) is -3.86. The average molecular weight is 370 g/mol. The number of hydrogen-bond acceptors (Lipinski definition) is 4. The predicted octanol–water partition coefficient (Wildman–Crippen LogP) is 2.37. The van der Waals surface area contributed by atoms with E-state index in [9.17, 15) is 26.4 Å². The summed E-state index contributed by atoms with van der Waals surface area (Å²) in [5, 5.41) is 2.43. The number of hydrogen-bond donors (Lipinski definition) is 1. The van der Waals surface area contributed by atoms with Crippen LogP contribution >= 0.6 is 11.8 Å². The first kappa shape index (κ1) is 19.8. The van der Waals surface area contributed by atoms with E-state index in [2.05, 4.69) is 5.32 Å². The lowest BCUT2D eigenvalue weighted by Crippen LogP contribution is -2.29. The molecule has 1 unspecified atom stereocenters. The van der Waals surface area contributed by atoms with Crippen molar-refractivity contribution in [3.8, 4) is 0 Å². The second-order valence-electron chi connectivity index (χ2n) is 4.88. The Kier molecular flexibility index (Phi) is 6.49. The number of thioether (sulfide) groups is 1. The summed E-state index contributed by atoms with van der Waals surface area (Å²) in [5.74, 6) is -1.47. The molecule has 0 saturated carbocycles. The van der Waals surface area contributed by atoms with Crippen LogP contribution in [-0.2, 0) is 14.8 Å². The van der Waals surface area contributed by atoms with Crippen molar-refractivity contribution in [3.63, 3.8) is 0 Å². The normalized spacial score (nSPS) is 13.9. The topological polar surface area (TPSA) is 66.5 Å². The summed E-state index contributed by atoms with van der Waals surface area (Å²) >= 11 is -0.409. The molecule has 10 heteroatoms. The summed E-state index contributed by atoms with van der Waals surface area (Å²) in [6.07, 6.45) is 0. The Morgan fingerprint density at radius 1 is 1.26 bits per heavy atom. The lowest BCUT2D eigenvalue weighted by Gasteiger charge is -2.16. The van der Waals surface area contributed by atoms with Crippen LogP contribution in [-0.4, -0.2) is 44.0 Å². The molecule has 0 heterocycles. The van der Waals surface area contributed by atoms with Crippen molar-refractivity contribution in [3.05, 3.63) is 29.8 Å². The number of nitrogens with zero attached hydrogens (tertiary/aromatic N) is 1. The maximum Gasteiger partial charge on any atom is 0.442 e. The van der Waals surface area contributed by atoms with Crippen molar-refractivity contribution in [2.75, 3.05) is 19.8 Å². The molecule has 0 spiro atoms. The van der Waals surface area contributed by atoms with E-state index in [1.807, 2.05) is 0 Å². The maximum absolute atomic E-state index is 12.0. The minimum absolute atomic E-state index is 0.0948. The molecule has 23 heavy (non-hydrogen) atoms. The van der Waals surface area contributed by atoms with Gasteiger partial charge in [0.1, 0.15) is 0 Å². The molecule has 1 atom stereocenters. The van der Waals surface area contributed by atoms with Gasteiger partial charge in [-0.25, -0.2) is 12.7 Å². The number of benzene rings is 1. The Morgan fingerprint density at radius 2 is 1.78 bits per heavy atom. The standard InChI is InChI=1S/C13H17F3N2O3S2/c1-9(17-12(19)8-22-13(14,15)16)10-4-6-11(7-5-10)23(20,21)18(2)3/h4-7,9H,8H2,1-3H3,(H,17,19). The van der Waals surface area contributed by atoms with Gasteiger partial charge < -0.3 is 5.32 Å². The second kappa shape index (κ2) is 7.54. The first-order valence-electron chi connectivity index (χ1n) is 6.46. The van der Waals surface area contributed by atoms with Crippen molar-refractivity contribution < 1.29 is 26.4 Å². The van der Waals surface area contributed by atoms with Gasteiger partial charge in [-0.15, -0.1) is 0 Å². The van der Waals surface area contributed by atoms with Gasteiger partial charge in [-0.05, 0) is 36.4 Å². The Hall–Kier alpha value is -1.26. The SMILES string of the molecule is CC(NC(=O)CSC(F)(F)F)c1ccc(S(=O)(=O)N(C)C)cc1. The minimum Gasteiger partial charge on any atom is -0.349 e. The quantitative estimate of drug-likeness (QED) is 0.835. The molecule has 1 N–H and O–H groups in total. The molecule has 1 amide bonds. The molecule has 0 saturated heterocycles. The molecule has 0 aliphatic rings. The van der Waals surface area contributed by atoms with E-state index in [1.54, 1.807) is 6.92 Å². The van der Waals surface area contributed by atoms with Crippen LogP contribution in [0.5, 0.6) is 0 Å².